The number of halogens is 1. The molecule has 1 unspecified atom stereocenters. The average molecular weight is 263 g/mol. The van der Waals surface area contributed by atoms with Gasteiger partial charge in [-0.1, -0.05) is 27.7 Å². The molecule has 0 spiro atoms. The minimum Gasteiger partial charge on any atom is -0.342 e. The summed E-state index contributed by atoms with van der Waals surface area (Å²) >= 11 is 0. The van der Waals surface area contributed by atoms with E-state index in [1.165, 1.54) is 0 Å². The molecule has 17 heavy (non-hydrogen) atoms. The number of carbonyl (C=O) groups excluding carboxylic acids is 1. The van der Waals surface area contributed by atoms with E-state index in [1.807, 2.05) is 0 Å². The Bertz CT molecular complexity index is 215. The zero-order chi connectivity index (χ0) is 12.1. The van der Waals surface area contributed by atoms with Gasteiger partial charge >= 0.3 is 0 Å². The Morgan fingerprint density at radius 3 is 2.12 bits per heavy atom. The molecule has 1 saturated heterocycles. The topological polar surface area (TPSA) is 32.3 Å². The summed E-state index contributed by atoms with van der Waals surface area (Å²) in [7, 11) is 0. The third-order valence-electron chi connectivity index (χ3n) is 2.89. The smallest absolute Gasteiger partial charge is 0.227 e. The molecule has 1 fully saturated rings. The number of rotatable bonds is 5. The molecular formula is C13H27ClN2O. The maximum atomic E-state index is 12.3. The maximum absolute atomic E-state index is 12.3. The van der Waals surface area contributed by atoms with Gasteiger partial charge in [-0.3, -0.25) is 4.79 Å². The molecule has 0 radical (unpaired) electrons. The Balaban J connectivity index is 0.00000256. The number of nitrogens with zero attached hydrogens (tertiary/aromatic N) is 1. The van der Waals surface area contributed by atoms with Gasteiger partial charge in [0, 0.05) is 19.6 Å². The van der Waals surface area contributed by atoms with Crippen LogP contribution in [0.1, 0.15) is 34.1 Å². The number of amides is 1. The summed E-state index contributed by atoms with van der Waals surface area (Å²) in [6.45, 7) is 12.3. The molecule has 1 heterocycles. The SMILES string of the molecule is CC(C)CN(CC(C)C)C(=O)C1CCNC1.Cl. The fourth-order valence-corrected chi connectivity index (χ4v) is 2.26. The van der Waals surface area contributed by atoms with E-state index in [0.29, 0.717) is 17.7 Å². The van der Waals surface area contributed by atoms with Crippen molar-refractivity contribution < 1.29 is 4.79 Å². The lowest BCUT2D eigenvalue weighted by Gasteiger charge is -2.28. The fourth-order valence-electron chi connectivity index (χ4n) is 2.26. The first-order chi connectivity index (χ1) is 7.50. The predicted molar refractivity (Wildman–Crippen MR) is 74.5 cm³/mol. The van der Waals surface area contributed by atoms with Crippen LogP contribution in [-0.2, 0) is 4.79 Å². The first kappa shape index (κ1) is 16.7. The van der Waals surface area contributed by atoms with Gasteiger partial charge in [0.1, 0.15) is 0 Å². The van der Waals surface area contributed by atoms with Crippen LogP contribution in [0, 0.1) is 17.8 Å². The number of hydrogen-bond acceptors (Lipinski definition) is 2. The van der Waals surface area contributed by atoms with Crippen LogP contribution < -0.4 is 5.32 Å². The van der Waals surface area contributed by atoms with Crippen molar-refractivity contribution >= 4 is 18.3 Å². The van der Waals surface area contributed by atoms with Gasteiger partial charge in [0.2, 0.25) is 5.91 Å². The second-order valence-corrected chi connectivity index (χ2v) is 5.72. The van der Waals surface area contributed by atoms with Gasteiger partial charge in [-0.05, 0) is 24.8 Å². The van der Waals surface area contributed by atoms with Crippen molar-refractivity contribution in [3.8, 4) is 0 Å². The van der Waals surface area contributed by atoms with Crippen LogP contribution in [0.25, 0.3) is 0 Å². The van der Waals surface area contributed by atoms with E-state index >= 15 is 0 Å². The Labute approximate surface area is 112 Å². The van der Waals surface area contributed by atoms with Crippen LogP contribution in [0.4, 0.5) is 0 Å². The van der Waals surface area contributed by atoms with Crippen molar-refractivity contribution in [2.45, 2.75) is 34.1 Å². The highest BCUT2D eigenvalue weighted by Gasteiger charge is 2.27. The van der Waals surface area contributed by atoms with Crippen molar-refractivity contribution in [2.24, 2.45) is 17.8 Å². The van der Waals surface area contributed by atoms with Crippen molar-refractivity contribution in [1.82, 2.24) is 10.2 Å². The van der Waals surface area contributed by atoms with Gasteiger partial charge in [0.05, 0.1) is 5.92 Å². The van der Waals surface area contributed by atoms with E-state index in [0.717, 1.165) is 32.6 Å². The third-order valence-corrected chi connectivity index (χ3v) is 2.89. The van der Waals surface area contributed by atoms with Crippen LogP contribution in [0.3, 0.4) is 0 Å². The summed E-state index contributed by atoms with van der Waals surface area (Å²) in [5.41, 5.74) is 0. The molecule has 1 rings (SSSR count). The van der Waals surface area contributed by atoms with Crippen LogP contribution in [-0.4, -0.2) is 37.0 Å². The molecule has 1 amide bonds. The van der Waals surface area contributed by atoms with Gasteiger partial charge in [0.25, 0.3) is 0 Å². The fraction of sp³-hybridized carbons (Fsp3) is 0.923. The largest absolute Gasteiger partial charge is 0.342 e. The molecule has 1 aliphatic heterocycles. The lowest BCUT2D eigenvalue weighted by atomic mass is 10.0. The monoisotopic (exact) mass is 262 g/mol. The molecule has 0 aliphatic carbocycles. The van der Waals surface area contributed by atoms with E-state index in [1.54, 1.807) is 0 Å². The minimum atomic E-state index is 0. The van der Waals surface area contributed by atoms with Crippen molar-refractivity contribution in [1.29, 1.82) is 0 Å². The molecule has 3 nitrogen and oxygen atoms in total. The molecule has 1 N–H and O–H groups in total. The van der Waals surface area contributed by atoms with Crippen LogP contribution in [0.5, 0.6) is 0 Å². The molecular weight excluding hydrogens is 236 g/mol. The number of carbonyl (C=O) groups is 1. The normalized spacial score (nSPS) is 19.5. The predicted octanol–water partition coefficient (Wildman–Crippen LogP) is 2.16. The summed E-state index contributed by atoms with van der Waals surface area (Å²) in [6, 6.07) is 0. The Morgan fingerprint density at radius 1 is 1.24 bits per heavy atom. The van der Waals surface area contributed by atoms with Crippen molar-refractivity contribution in [3.05, 3.63) is 0 Å². The summed E-state index contributed by atoms with van der Waals surface area (Å²) in [6.07, 6.45) is 1.01. The van der Waals surface area contributed by atoms with E-state index in [4.69, 9.17) is 0 Å². The quantitative estimate of drug-likeness (QED) is 0.824. The highest BCUT2D eigenvalue weighted by Crippen LogP contribution is 2.14. The van der Waals surface area contributed by atoms with E-state index < -0.39 is 0 Å². The van der Waals surface area contributed by atoms with Crippen LogP contribution in [0.15, 0.2) is 0 Å². The van der Waals surface area contributed by atoms with Gasteiger partial charge < -0.3 is 10.2 Å². The molecule has 0 bridgehead atoms. The highest BCUT2D eigenvalue weighted by molar-refractivity contribution is 5.85. The zero-order valence-electron chi connectivity index (χ0n) is 11.5. The van der Waals surface area contributed by atoms with Crippen molar-refractivity contribution in [2.75, 3.05) is 26.2 Å². The first-order valence-electron chi connectivity index (χ1n) is 6.50. The summed E-state index contributed by atoms with van der Waals surface area (Å²) in [4.78, 5) is 14.4. The summed E-state index contributed by atoms with van der Waals surface area (Å²) in [5, 5.41) is 3.27. The lowest BCUT2D eigenvalue weighted by Crippen LogP contribution is -2.41. The minimum absolute atomic E-state index is 0. The van der Waals surface area contributed by atoms with Crippen LogP contribution in [0.2, 0.25) is 0 Å². The highest BCUT2D eigenvalue weighted by atomic mass is 35.5. The van der Waals surface area contributed by atoms with Crippen LogP contribution >= 0.6 is 12.4 Å². The first-order valence-corrected chi connectivity index (χ1v) is 6.50. The number of hydrogen-bond donors (Lipinski definition) is 1. The van der Waals surface area contributed by atoms with E-state index in [9.17, 15) is 4.79 Å². The zero-order valence-corrected chi connectivity index (χ0v) is 12.3. The van der Waals surface area contributed by atoms with Gasteiger partial charge in [0.15, 0.2) is 0 Å². The molecule has 0 aromatic carbocycles. The molecule has 0 saturated carbocycles. The molecule has 1 aliphatic rings. The average Bonchev–Trinajstić information content (AvgIpc) is 2.66. The molecule has 4 heteroatoms. The second kappa shape index (κ2) is 7.93. The molecule has 102 valence electrons. The second-order valence-electron chi connectivity index (χ2n) is 5.72. The Hall–Kier alpha value is -0.280. The van der Waals surface area contributed by atoms with E-state index in [-0.39, 0.29) is 18.3 Å². The maximum Gasteiger partial charge on any atom is 0.227 e. The molecule has 0 aromatic heterocycles. The number of nitrogens with one attached hydrogen (secondary N) is 1. The van der Waals surface area contributed by atoms with Gasteiger partial charge in [-0.25, -0.2) is 0 Å². The third kappa shape index (κ3) is 5.73. The van der Waals surface area contributed by atoms with Crippen molar-refractivity contribution in [3.63, 3.8) is 0 Å². The molecule has 1 atom stereocenters. The molecule has 0 aromatic rings. The Morgan fingerprint density at radius 2 is 1.76 bits per heavy atom. The van der Waals surface area contributed by atoms with E-state index in [2.05, 4.69) is 37.9 Å². The van der Waals surface area contributed by atoms with Gasteiger partial charge in [-0.15, -0.1) is 12.4 Å². The van der Waals surface area contributed by atoms with Gasteiger partial charge in [-0.2, -0.15) is 0 Å². The summed E-state index contributed by atoms with van der Waals surface area (Å²) < 4.78 is 0. The summed E-state index contributed by atoms with van der Waals surface area (Å²) in [5.74, 6) is 1.68. The standard InChI is InChI=1S/C13H26N2O.ClH/c1-10(2)8-15(9-11(3)4)13(16)12-5-6-14-7-12;/h10-12,14H,5-9H2,1-4H3;1H. The Kier molecular flexibility index (Phi) is 7.80. The lowest BCUT2D eigenvalue weighted by molar-refractivity contribution is -0.136.